The first-order valence-corrected chi connectivity index (χ1v) is 9.16. The van der Waals surface area contributed by atoms with Crippen molar-refractivity contribution in [2.75, 3.05) is 18.0 Å². The highest BCUT2D eigenvalue weighted by molar-refractivity contribution is 7.89. The van der Waals surface area contributed by atoms with Gasteiger partial charge >= 0.3 is 0 Å². The molecular weight excluding hydrogens is 330 g/mol. The number of rotatable bonds is 5. The molecule has 0 bridgehead atoms. The fraction of sp³-hybridized carbons (Fsp3) is 0.312. The summed E-state index contributed by atoms with van der Waals surface area (Å²) in [4.78, 5) is 14.4. The number of nitrogens with two attached hydrogens (primary N) is 1. The molecule has 2 heterocycles. The summed E-state index contributed by atoms with van der Waals surface area (Å²) in [5.41, 5.74) is 7.47. The van der Waals surface area contributed by atoms with Crippen LogP contribution in [-0.2, 0) is 23.0 Å². The van der Waals surface area contributed by atoms with Crippen molar-refractivity contribution in [3.05, 3.63) is 47.4 Å². The second-order valence-electron chi connectivity index (χ2n) is 5.50. The largest absolute Gasteiger partial charge is 0.467 e. The average molecular weight is 349 g/mol. The lowest BCUT2D eigenvalue weighted by atomic mass is 10.2. The van der Waals surface area contributed by atoms with E-state index in [0.29, 0.717) is 36.5 Å². The molecular formula is C16H19N3O4S. The molecule has 1 aromatic carbocycles. The van der Waals surface area contributed by atoms with Gasteiger partial charge < -0.3 is 15.1 Å². The van der Waals surface area contributed by atoms with Gasteiger partial charge in [0, 0.05) is 18.8 Å². The summed E-state index contributed by atoms with van der Waals surface area (Å²) in [6.45, 7) is 2.74. The molecule has 0 fully saturated rings. The van der Waals surface area contributed by atoms with Crippen molar-refractivity contribution in [2.24, 2.45) is 5.73 Å². The zero-order chi connectivity index (χ0) is 17.3. The summed E-state index contributed by atoms with van der Waals surface area (Å²) in [5, 5.41) is 0. The third kappa shape index (κ3) is 2.95. The Labute approximate surface area is 140 Å². The number of hydrogen-bond acceptors (Lipinski definition) is 5. The summed E-state index contributed by atoms with van der Waals surface area (Å²) in [6, 6.07) is 6.48. The van der Waals surface area contributed by atoms with Gasteiger partial charge in [0.05, 0.1) is 17.0 Å². The zero-order valence-electron chi connectivity index (χ0n) is 13.3. The molecule has 0 saturated carbocycles. The molecule has 7 nitrogen and oxygen atoms in total. The van der Waals surface area contributed by atoms with E-state index in [1.165, 1.54) is 6.26 Å². The number of amides is 1. The predicted molar refractivity (Wildman–Crippen MR) is 89.3 cm³/mol. The normalized spacial score (nSPS) is 14.0. The van der Waals surface area contributed by atoms with E-state index in [-0.39, 0.29) is 17.3 Å². The fourth-order valence-electron chi connectivity index (χ4n) is 2.77. The van der Waals surface area contributed by atoms with Gasteiger partial charge in [0.1, 0.15) is 12.0 Å². The molecule has 0 saturated heterocycles. The fourth-order valence-corrected chi connectivity index (χ4v) is 3.83. The van der Waals surface area contributed by atoms with Gasteiger partial charge in [-0.2, -0.15) is 0 Å². The SMILES string of the molecule is CCNS(=O)(=O)c1ccc2c(c1)N(C(=O)c1coc(CN)c1)CC2. The maximum Gasteiger partial charge on any atom is 0.261 e. The third-order valence-corrected chi connectivity index (χ3v) is 5.49. The molecule has 0 spiro atoms. The molecule has 1 aliphatic rings. The van der Waals surface area contributed by atoms with Gasteiger partial charge in [-0.15, -0.1) is 0 Å². The zero-order valence-corrected chi connectivity index (χ0v) is 14.1. The highest BCUT2D eigenvalue weighted by Crippen LogP contribution is 2.32. The Morgan fingerprint density at radius 2 is 2.17 bits per heavy atom. The number of nitrogens with one attached hydrogen (secondary N) is 1. The van der Waals surface area contributed by atoms with E-state index < -0.39 is 10.0 Å². The van der Waals surface area contributed by atoms with Gasteiger partial charge in [-0.1, -0.05) is 13.0 Å². The Bertz CT molecular complexity index is 873. The molecule has 8 heteroatoms. The molecule has 0 radical (unpaired) electrons. The molecule has 3 N–H and O–H groups in total. The monoisotopic (exact) mass is 349 g/mol. The molecule has 0 unspecified atom stereocenters. The molecule has 0 aliphatic carbocycles. The molecule has 128 valence electrons. The van der Waals surface area contributed by atoms with E-state index >= 15 is 0 Å². The van der Waals surface area contributed by atoms with Crippen LogP contribution in [0.1, 0.15) is 28.6 Å². The number of furan rings is 1. The Kier molecular flexibility index (Phi) is 4.44. The highest BCUT2D eigenvalue weighted by atomic mass is 32.2. The van der Waals surface area contributed by atoms with Gasteiger partial charge in [-0.25, -0.2) is 13.1 Å². The van der Waals surface area contributed by atoms with Crippen LogP contribution in [0.5, 0.6) is 0 Å². The molecule has 24 heavy (non-hydrogen) atoms. The first-order valence-electron chi connectivity index (χ1n) is 7.68. The highest BCUT2D eigenvalue weighted by Gasteiger charge is 2.28. The minimum atomic E-state index is -3.57. The van der Waals surface area contributed by atoms with E-state index in [2.05, 4.69) is 4.72 Å². The number of benzene rings is 1. The number of fused-ring (bicyclic) bond motifs is 1. The number of hydrogen-bond donors (Lipinski definition) is 2. The molecule has 3 rings (SSSR count). The van der Waals surface area contributed by atoms with E-state index in [1.54, 1.807) is 36.1 Å². The summed E-state index contributed by atoms with van der Waals surface area (Å²) >= 11 is 0. The first kappa shape index (κ1) is 16.7. The van der Waals surface area contributed by atoms with Crippen LogP contribution in [0.2, 0.25) is 0 Å². The number of carbonyl (C=O) groups is 1. The Balaban J connectivity index is 1.94. The maximum atomic E-state index is 12.7. The van der Waals surface area contributed by atoms with Crippen molar-refractivity contribution >= 4 is 21.6 Å². The summed E-state index contributed by atoms with van der Waals surface area (Å²) in [7, 11) is -3.57. The molecule has 1 amide bonds. The maximum absolute atomic E-state index is 12.7. The number of nitrogens with zero attached hydrogens (tertiary/aromatic N) is 1. The Hall–Kier alpha value is -2.16. The second-order valence-corrected chi connectivity index (χ2v) is 7.27. The predicted octanol–water partition coefficient (Wildman–Crippen LogP) is 1.24. The van der Waals surface area contributed by atoms with Crippen LogP contribution in [0.3, 0.4) is 0 Å². The van der Waals surface area contributed by atoms with Crippen molar-refractivity contribution in [2.45, 2.75) is 24.8 Å². The van der Waals surface area contributed by atoms with Crippen molar-refractivity contribution in [3.63, 3.8) is 0 Å². The first-order chi connectivity index (χ1) is 11.5. The topological polar surface area (TPSA) is 106 Å². The number of anilines is 1. The van der Waals surface area contributed by atoms with E-state index in [1.807, 2.05) is 0 Å². The summed E-state index contributed by atoms with van der Waals surface area (Å²) in [5.74, 6) is 0.302. The minimum absolute atomic E-state index is 0.151. The minimum Gasteiger partial charge on any atom is -0.467 e. The van der Waals surface area contributed by atoms with E-state index in [4.69, 9.17) is 10.2 Å². The van der Waals surface area contributed by atoms with Crippen molar-refractivity contribution in [1.82, 2.24) is 4.72 Å². The number of carbonyl (C=O) groups excluding carboxylic acids is 1. The smallest absolute Gasteiger partial charge is 0.261 e. The number of sulfonamides is 1. The van der Waals surface area contributed by atoms with E-state index in [0.717, 1.165) is 5.56 Å². The summed E-state index contributed by atoms with van der Waals surface area (Å²) < 4.78 is 32.0. The van der Waals surface area contributed by atoms with Crippen LogP contribution < -0.4 is 15.4 Å². The quantitative estimate of drug-likeness (QED) is 0.845. The summed E-state index contributed by atoms with van der Waals surface area (Å²) in [6.07, 6.45) is 2.06. The lowest BCUT2D eigenvalue weighted by molar-refractivity contribution is 0.0988. The Morgan fingerprint density at radius 3 is 2.83 bits per heavy atom. The van der Waals surface area contributed by atoms with Crippen LogP contribution in [0.4, 0.5) is 5.69 Å². The van der Waals surface area contributed by atoms with Crippen LogP contribution >= 0.6 is 0 Å². The van der Waals surface area contributed by atoms with Gasteiger partial charge in [0.2, 0.25) is 10.0 Å². The van der Waals surface area contributed by atoms with Crippen LogP contribution in [0.15, 0.2) is 39.8 Å². The van der Waals surface area contributed by atoms with Crippen LogP contribution in [0.25, 0.3) is 0 Å². The van der Waals surface area contributed by atoms with Crippen molar-refractivity contribution < 1.29 is 17.6 Å². The molecule has 2 aromatic rings. The van der Waals surface area contributed by atoms with Crippen LogP contribution in [-0.4, -0.2) is 27.4 Å². The average Bonchev–Trinajstić information content (AvgIpc) is 3.20. The standard InChI is InChI=1S/C16H19N3O4S/c1-2-18-24(21,22)14-4-3-11-5-6-19(15(11)8-14)16(20)12-7-13(9-17)23-10-12/h3-4,7-8,10,18H,2,5-6,9,17H2,1H3. The Morgan fingerprint density at radius 1 is 1.38 bits per heavy atom. The van der Waals surface area contributed by atoms with Gasteiger partial charge in [-0.3, -0.25) is 4.79 Å². The molecule has 0 atom stereocenters. The van der Waals surface area contributed by atoms with Gasteiger partial charge in [0.25, 0.3) is 5.91 Å². The van der Waals surface area contributed by atoms with E-state index in [9.17, 15) is 13.2 Å². The lowest BCUT2D eigenvalue weighted by Crippen LogP contribution is -2.29. The van der Waals surface area contributed by atoms with Crippen molar-refractivity contribution in [1.29, 1.82) is 0 Å². The molecule has 1 aliphatic heterocycles. The lowest BCUT2D eigenvalue weighted by Gasteiger charge is -2.17. The van der Waals surface area contributed by atoms with Crippen molar-refractivity contribution in [3.8, 4) is 0 Å². The second kappa shape index (κ2) is 6.39. The molecule has 1 aromatic heterocycles. The van der Waals surface area contributed by atoms with Gasteiger partial charge in [-0.05, 0) is 30.2 Å². The van der Waals surface area contributed by atoms with Crippen LogP contribution in [0, 0.1) is 0 Å². The van der Waals surface area contributed by atoms with Gasteiger partial charge in [0.15, 0.2) is 0 Å². The third-order valence-electron chi connectivity index (χ3n) is 3.94.